The molecule has 7 nitrogen and oxygen atoms in total. The van der Waals surface area contributed by atoms with Gasteiger partial charge in [-0.2, -0.15) is 5.26 Å². The Hall–Kier alpha value is -3.79. The standard InChI is InChI=1S/C31H35N3O4/c1-3-37-28-14-20(13-24(18-32)30(36)33-2)4-9-27(28)38-19-29(35)34-26-7-5-25(6-8-26)31-15-21-10-22(16-31)12-23(11-21)17-31/h4-9,13-14,21-23H,3,10-12,15-17,19H2,1-2H3,(H,33,36)(H,34,35)/b24-13-. The first-order chi connectivity index (χ1) is 18.4. The highest BCUT2D eigenvalue weighted by atomic mass is 16.5. The van der Waals surface area contributed by atoms with Crippen molar-refractivity contribution in [1.82, 2.24) is 5.32 Å². The summed E-state index contributed by atoms with van der Waals surface area (Å²) >= 11 is 0. The van der Waals surface area contributed by atoms with E-state index < -0.39 is 5.91 Å². The fourth-order valence-corrected chi connectivity index (χ4v) is 7.16. The van der Waals surface area contributed by atoms with Gasteiger partial charge in [-0.25, -0.2) is 0 Å². The molecule has 0 atom stereocenters. The van der Waals surface area contributed by atoms with Crippen LogP contribution in [0.4, 0.5) is 5.69 Å². The summed E-state index contributed by atoms with van der Waals surface area (Å²) in [6.45, 7) is 2.07. The highest BCUT2D eigenvalue weighted by Crippen LogP contribution is 2.60. The van der Waals surface area contributed by atoms with E-state index in [1.807, 2.05) is 25.1 Å². The maximum atomic E-state index is 12.7. The summed E-state index contributed by atoms with van der Waals surface area (Å²) in [5.74, 6) is 2.81. The summed E-state index contributed by atoms with van der Waals surface area (Å²) in [7, 11) is 1.47. The van der Waals surface area contributed by atoms with Crippen molar-refractivity contribution in [3.63, 3.8) is 0 Å². The summed E-state index contributed by atoms with van der Waals surface area (Å²) in [5.41, 5.74) is 3.13. The average molecular weight is 514 g/mol. The number of nitriles is 1. The highest BCUT2D eigenvalue weighted by molar-refractivity contribution is 6.01. The molecule has 0 aromatic heterocycles. The molecule has 0 unspecified atom stereocenters. The number of benzene rings is 2. The van der Waals surface area contributed by atoms with E-state index in [0.717, 1.165) is 23.4 Å². The Morgan fingerprint density at radius 3 is 2.24 bits per heavy atom. The van der Waals surface area contributed by atoms with Crippen LogP contribution in [0.15, 0.2) is 48.0 Å². The van der Waals surface area contributed by atoms with E-state index in [4.69, 9.17) is 9.47 Å². The zero-order valence-electron chi connectivity index (χ0n) is 22.1. The van der Waals surface area contributed by atoms with E-state index in [2.05, 4.69) is 22.8 Å². The Morgan fingerprint density at radius 2 is 1.66 bits per heavy atom. The quantitative estimate of drug-likeness (QED) is 0.354. The molecule has 0 heterocycles. The third-order valence-corrected chi connectivity index (χ3v) is 8.35. The maximum Gasteiger partial charge on any atom is 0.262 e. The van der Waals surface area contributed by atoms with Crippen molar-refractivity contribution in [2.75, 3.05) is 25.6 Å². The molecule has 4 saturated carbocycles. The molecular weight excluding hydrogens is 478 g/mol. The molecule has 4 aliphatic rings. The minimum atomic E-state index is -0.464. The normalized spacial score (nSPS) is 25.4. The van der Waals surface area contributed by atoms with Gasteiger partial charge in [-0.1, -0.05) is 18.2 Å². The fraction of sp³-hybridized carbons (Fsp3) is 0.452. The molecular formula is C31H35N3O4. The van der Waals surface area contributed by atoms with Gasteiger partial charge in [0.05, 0.1) is 6.61 Å². The lowest BCUT2D eigenvalue weighted by Gasteiger charge is -2.57. The second-order valence-electron chi connectivity index (χ2n) is 11.0. The molecule has 2 aromatic rings. The first-order valence-electron chi connectivity index (χ1n) is 13.5. The summed E-state index contributed by atoms with van der Waals surface area (Å²) in [6, 6.07) is 15.4. The van der Waals surface area contributed by atoms with Crippen molar-refractivity contribution >= 4 is 23.6 Å². The van der Waals surface area contributed by atoms with Crippen molar-refractivity contribution in [3.8, 4) is 17.6 Å². The average Bonchev–Trinajstić information content (AvgIpc) is 2.90. The molecule has 0 saturated heterocycles. The molecule has 2 amide bonds. The van der Waals surface area contributed by atoms with E-state index >= 15 is 0 Å². The van der Waals surface area contributed by atoms with Gasteiger partial charge in [-0.15, -0.1) is 0 Å². The number of nitrogens with zero attached hydrogens (tertiary/aromatic N) is 1. The Balaban J connectivity index is 1.20. The van der Waals surface area contributed by atoms with Crippen LogP contribution in [0.1, 0.15) is 56.6 Å². The number of ether oxygens (including phenoxy) is 2. The van der Waals surface area contributed by atoms with E-state index in [1.165, 1.54) is 57.2 Å². The van der Waals surface area contributed by atoms with Gasteiger partial charge in [0.1, 0.15) is 11.6 Å². The third kappa shape index (κ3) is 5.40. The second-order valence-corrected chi connectivity index (χ2v) is 11.0. The van der Waals surface area contributed by atoms with Gasteiger partial charge in [0, 0.05) is 12.7 Å². The molecule has 0 aliphatic heterocycles. The third-order valence-electron chi connectivity index (χ3n) is 8.35. The first-order valence-corrected chi connectivity index (χ1v) is 13.5. The van der Waals surface area contributed by atoms with Crippen LogP contribution in [0, 0.1) is 29.1 Å². The molecule has 198 valence electrons. The van der Waals surface area contributed by atoms with Crippen molar-refractivity contribution in [2.45, 2.75) is 50.9 Å². The van der Waals surface area contributed by atoms with Crippen molar-refractivity contribution in [3.05, 3.63) is 59.2 Å². The number of amides is 2. The Morgan fingerprint density at radius 1 is 1.00 bits per heavy atom. The molecule has 2 N–H and O–H groups in total. The van der Waals surface area contributed by atoms with E-state index in [-0.39, 0.29) is 18.1 Å². The number of carbonyl (C=O) groups is 2. The van der Waals surface area contributed by atoms with Crippen LogP contribution in [-0.2, 0) is 15.0 Å². The summed E-state index contributed by atoms with van der Waals surface area (Å²) < 4.78 is 11.4. The number of hydrogen-bond donors (Lipinski definition) is 2. The highest BCUT2D eigenvalue weighted by Gasteiger charge is 2.51. The van der Waals surface area contributed by atoms with Crippen LogP contribution >= 0.6 is 0 Å². The second kappa shape index (κ2) is 10.9. The Labute approximate surface area is 224 Å². The fourth-order valence-electron chi connectivity index (χ4n) is 7.16. The van der Waals surface area contributed by atoms with Crippen LogP contribution in [0.3, 0.4) is 0 Å². The molecule has 4 aliphatic carbocycles. The Kier molecular flexibility index (Phi) is 7.42. The van der Waals surface area contributed by atoms with Crippen LogP contribution < -0.4 is 20.1 Å². The molecule has 6 rings (SSSR count). The van der Waals surface area contributed by atoms with Gasteiger partial charge in [0.25, 0.3) is 11.8 Å². The molecule has 2 aromatic carbocycles. The van der Waals surface area contributed by atoms with Crippen LogP contribution in [-0.4, -0.2) is 32.1 Å². The van der Waals surface area contributed by atoms with Crippen molar-refractivity contribution in [2.24, 2.45) is 17.8 Å². The van der Waals surface area contributed by atoms with Crippen LogP contribution in [0.5, 0.6) is 11.5 Å². The number of nitrogens with one attached hydrogen (secondary N) is 2. The largest absolute Gasteiger partial charge is 0.490 e. The summed E-state index contributed by atoms with van der Waals surface area (Å²) in [5, 5.41) is 14.6. The molecule has 7 heteroatoms. The predicted molar refractivity (Wildman–Crippen MR) is 146 cm³/mol. The van der Waals surface area contributed by atoms with Gasteiger partial charge in [0.2, 0.25) is 0 Å². The van der Waals surface area contributed by atoms with Gasteiger partial charge < -0.3 is 20.1 Å². The van der Waals surface area contributed by atoms with Crippen molar-refractivity contribution < 1.29 is 19.1 Å². The van der Waals surface area contributed by atoms with Gasteiger partial charge >= 0.3 is 0 Å². The zero-order chi connectivity index (χ0) is 26.7. The molecule has 4 fully saturated rings. The Bertz CT molecular complexity index is 1240. The molecule has 4 bridgehead atoms. The number of likely N-dealkylation sites (N-methyl/N-ethyl adjacent to an activating group) is 1. The monoisotopic (exact) mass is 513 g/mol. The summed E-state index contributed by atoms with van der Waals surface area (Å²) in [4.78, 5) is 24.5. The van der Waals surface area contributed by atoms with Crippen molar-refractivity contribution in [1.29, 1.82) is 5.26 Å². The van der Waals surface area contributed by atoms with E-state index in [0.29, 0.717) is 29.1 Å². The topological polar surface area (TPSA) is 100 Å². The van der Waals surface area contributed by atoms with Gasteiger partial charge in [0.15, 0.2) is 18.1 Å². The minimum absolute atomic E-state index is 0.0165. The lowest BCUT2D eigenvalue weighted by Crippen LogP contribution is -2.48. The van der Waals surface area contributed by atoms with E-state index in [9.17, 15) is 14.9 Å². The minimum Gasteiger partial charge on any atom is -0.490 e. The summed E-state index contributed by atoms with van der Waals surface area (Å²) in [6.07, 6.45) is 9.71. The smallest absolute Gasteiger partial charge is 0.262 e. The van der Waals surface area contributed by atoms with Crippen LogP contribution in [0.2, 0.25) is 0 Å². The SMILES string of the molecule is CCOc1cc(/C=C(/C#N)C(=O)NC)ccc1OCC(=O)Nc1ccc(C23CC4CC(CC(C4)C2)C3)cc1. The first kappa shape index (κ1) is 25.8. The lowest BCUT2D eigenvalue weighted by molar-refractivity contribution is -0.118. The van der Waals surface area contributed by atoms with Gasteiger partial charge in [-0.05, 0) is 110 Å². The molecule has 0 spiro atoms. The zero-order valence-corrected chi connectivity index (χ0v) is 22.1. The number of anilines is 1. The number of rotatable bonds is 9. The number of hydrogen-bond acceptors (Lipinski definition) is 5. The number of carbonyl (C=O) groups excluding carboxylic acids is 2. The molecule has 0 radical (unpaired) electrons. The van der Waals surface area contributed by atoms with Gasteiger partial charge in [-0.3, -0.25) is 9.59 Å². The maximum absolute atomic E-state index is 12.7. The van der Waals surface area contributed by atoms with E-state index in [1.54, 1.807) is 18.2 Å². The van der Waals surface area contributed by atoms with Crippen LogP contribution in [0.25, 0.3) is 6.08 Å². The lowest BCUT2D eigenvalue weighted by atomic mass is 9.48. The predicted octanol–water partition coefficient (Wildman–Crippen LogP) is 5.22. The molecule has 38 heavy (non-hydrogen) atoms.